The van der Waals surface area contributed by atoms with Crippen LogP contribution in [0.1, 0.15) is 48.9 Å². The molecule has 0 aliphatic heterocycles. The number of carbonyl (C=O) groups is 3. The zero-order valence-corrected chi connectivity index (χ0v) is 18.5. The molecule has 0 radical (unpaired) electrons. The number of urea groups is 1. The molecular weight excluding hydrogens is 432 g/mol. The molecule has 1 aromatic carbocycles. The third kappa shape index (κ3) is 6.44. The number of hydrogen-bond donors (Lipinski definition) is 5. The van der Waals surface area contributed by atoms with E-state index in [-0.39, 0.29) is 18.2 Å². The molecule has 0 unspecified atom stereocenters. The lowest BCUT2D eigenvalue weighted by atomic mass is 9.94. The number of nitrogens with two attached hydrogens (primary N) is 2. The van der Waals surface area contributed by atoms with Crippen LogP contribution < -0.4 is 26.8 Å². The molecule has 1 aliphatic carbocycles. The van der Waals surface area contributed by atoms with Gasteiger partial charge in [0.15, 0.2) is 0 Å². The van der Waals surface area contributed by atoms with Gasteiger partial charge < -0.3 is 26.6 Å². The van der Waals surface area contributed by atoms with Crippen LogP contribution in [-0.4, -0.2) is 41.7 Å². The molecule has 0 bridgehead atoms. The summed E-state index contributed by atoms with van der Waals surface area (Å²) in [5, 5.41) is 15.5. The molecule has 9 nitrogen and oxygen atoms in total. The van der Waals surface area contributed by atoms with Crippen molar-refractivity contribution < 1.29 is 24.2 Å². The van der Waals surface area contributed by atoms with Gasteiger partial charge >= 0.3 is 12.0 Å². The van der Waals surface area contributed by atoms with Crippen molar-refractivity contribution in [1.29, 1.82) is 0 Å². The molecule has 1 heterocycles. The number of hydrogen-bond acceptors (Lipinski definition) is 6. The zero-order chi connectivity index (χ0) is 23.1. The second-order valence-corrected chi connectivity index (χ2v) is 8.81. The molecule has 3 amide bonds. The Balaban J connectivity index is 1.58. The number of carboxylic acid groups (broad SMARTS) is 1. The second kappa shape index (κ2) is 11.0. The van der Waals surface area contributed by atoms with E-state index in [1.165, 1.54) is 17.8 Å². The molecular formula is C22H28N4O5S. The summed E-state index contributed by atoms with van der Waals surface area (Å²) in [5.41, 5.74) is 11.5. The monoisotopic (exact) mass is 460 g/mol. The predicted octanol–water partition coefficient (Wildman–Crippen LogP) is 3.15. The average molecular weight is 461 g/mol. The minimum atomic E-state index is -0.863. The maximum Gasteiger partial charge on any atom is 0.320 e. The van der Waals surface area contributed by atoms with E-state index in [4.69, 9.17) is 16.2 Å². The highest BCUT2D eigenvalue weighted by Crippen LogP contribution is 2.36. The van der Waals surface area contributed by atoms with Crippen molar-refractivity contribution >= 4 is 34.2 Å². The largest absolute Gasteiger partial charge is 0.494 e. The van der Waals surface area contributed by atoms with E-state index in [0.717, 1.165) is 36.1 Å². The van der Waals surface area contributed by atoms with Crippen molar-refractivity contribution in [1.82, 2.24) is 5.32 Å². The Morgan fingerprint density at radius 1 is 1.12 bits per heavy atom. The lowest BCUT2D eigenvalue weighted by molar-refractivity contribution is -0.140. The maximum absolute atomic E-state index is 11.6. The number of rotatable bonds is 10. The van der Waals surface area contributed by atoms with Crippen LogP contribution in [0.4, 0.5) is 9.80 Å². The number of carbonyl (C=O) groups excluding carboxylic acids is 2. The van der Waals surface area contributed by atoms with Gasteiger partial charge in [0.05, 0.1) is 12.2 Å². The summed E-state index contributed by atoms with van der Waals surface area (Å²) in [4.78, 5) is 35.1. The lowest BCUT2D eigenvalue weighted by Gasteiger charge is -2.26. The van der Waals surface area contributed by atoms with Crippen LogP contribution in [0.3, 0.4) is 0 Å². The number of nitrogens with one attached hydrogen (secondary N) is 2. The molecule has 1 aromatic heterocycles. The average Bonchev–Trinajstić information content (AvgIpc) is 3.17. The highest BCUT2D eigenvalue weighted by atomic mass is 32.1. The van der Waals surface area contributed by atoms with Gasteiger partial charge in [0.2, 0.25) is 0 Å². The van der Waals surface area contributed by atoms with Crippen LogP contribution in [-0.2, 0) is 4.79 Å². The van der Waals surface area contributed by atoms with Crippen LogP contribution >= 0.6 is 11.3 Å². The van der Waals surface area contributed by atoms with E-state index in [9.17, 15) is 19.5 Å². The lowest BCUT2D eigenvalue weighted by Crippen LogP contribution is -2.44. The van der Waals surface area contributed by atoms with Crippen LogP contribution in [0.15, 0.2) is 30.3 Å². The molecule has 0 spiro atoms. The van der Waals surface area contributed by atoms with Gasteiger partial charge in [-0.25, -0.2) is 4.79 Å². The van der Waals surface area contributed by atoms with Crippen molar-refractivity contribution in [3.63, 3.8) is 0 Å². The quantitative estimate of drug-likeness (QED) is 0.366. The third-order valence-corrected chi connectivity index (χ3v) is 6.49. The van der Waals surface area contributed by atoms with Gasteiger partial charge in [-0.1, -0.05) is 19.3 Å². The first kappa shape index (κ1) is 23.6. The van der Waals surface area contributed by atoms with Gasteiger partial charge in [0.25, 0.3) is 5.91 Å². The van der Waals surface area contributed by atoms with E-state index >= 15 is 0 Å². The van der Waals surface area contributed by atoms with Gasteiger partial charge in [0.1, 0.15) is 16.8 Å². The Bertz CT molecular complexity index is 954. The van der Waals surface area contributed by atoms with Gasteiger partial charge in [-0.15, -0.1) is 11.3 Å². The Hall–Kier alpha value is -3.11. The van der Waals surface area contributed by atoms with E-state index in [0.29, 0.717) is 17.2 Å². The minimum Gasteiger partial charge on any atom is -0.494 e. The van der Waals surface area contributed by atoms with Crippen molar-refractivity contribution in [3.8, 4) is 16.2 Å². The van der Waals surface area contributed by atoms with Crippen LogP contribution in [0, 0.1) is 0 Å². The zero-order valence-electron chi connectivity index (χ0n) is 17.6. The number of benzene rings is 1. The first-order valence-corrected chi connectivity index (χ1v) is 11.4. The van der Waals surface area contributed by atoms with Crippen LogP contribution in [0.5, 0.6) is 5.75 Å². The molecule has 7 N–H and O–H groups in total. The molecule has 172 valence electrons. The fourth-order valence-electron chi connectivity index (χ4n) is 3.76. The van der Waals surface area contributed by atoms with E-state index in [1.807, 2.05) is 12.1 Å². The smallest absolute Gasteiger partial charge is 0.320 e. The Morgan fingerprint density at radius 3 is 2.41 bits per heavy atom. The Kier molecular flexibility index (Phi) is 8.07. The number of primary amides is 2. The van der Waals surface area contributed by atoms with E-state index in [2.05, 4.69) is 10.6 Å². The molecule has 1 aliphatic rings. The summed E-state index contributed by atoms with van der Waals surface area (Å²) in [6.07, 6.45) is 5.89. The molecule has 2 aromatic rings. The first-order valence-electron chi connectivity index (χ1n) is 10.6. The number of thiophene rings is 1. The molecule has 10 heteroatoms. The molecule has 3 rings (SSSR count). The Morgan fingerprint density at radius 2 is 1.81 bits per heavy atom. The number of amides is 3. The molecule has 1 fully saturated rings. The second-order valence-electron chi connectivity index (χ2n) is 7.76. The normalized spacial score (nSPS) is 15.1. The Labute approximate surface area is 190 Å². The van der Waals surface area contributed by atoms with Gasteiger partial charge in [0, 0.05) is 17.3 Å². The third-order valence-electron chi connectivity index (χ3n) is 5.39. The summed E-state index contributed by atoms with van der Waals surface area (Å²) in [7, 11) is 0. The minimum absolute atomic E-state index is 0.189. The van der Waals surface area contributed by atoms with Gasteiger partial charge in [-0.2, -0.15) is 0 Å². The predicted molar refractivity (Wildman–Crippen MR) is 123 cm³/mol. The highest BCUT2D eigenvalue weighted by Gasteiger charge is 2.23. The SMILES string of the molecule is NC(=O)Nc1sc(-c2ccc(OCC[C@H](NC3CCCCC3)C(=O)O)cc2)cc1C(N)=O. The topological polar surface area (TPSA) is 157 Å². The fraction of sp³-hybridized carbons (Fsp3) is 0.409. The number of carboxylic acids is 1. The van der Waals surface area contributed by atoms with Crippen LogP contribution in [0.2, 0.25) is 0 Å². The van der Waals surface area contributed by atoms with Crippen molar-refractivity contribution in [2.24, 2.45) is 11.5 Å². The summed E-state index contributed by atoms with van der Waals surface area (Å²) in [6, 6.07) is 7.62. The summed E-state index contributed by atoms with van der Waals surface area (Å²) < 4.78 is 5.74. The maximum atomic E-state index is 11.6. The molecule has 0 saturated heterocycles. The number of aliphatic carboxylic acids is 1. The first-order chi connectivity index (χ1) is 15.3. The molecule has 1 atom stereocenters. The van der Waals surface area contributed by atoms with Crippen LogP contribution in [0.25, 0.3) is 10.4 Å². The number of ether oxygens (including phenoxy) is 1. The standard InChI is InChI=1S/C22H28N4O5S/c23-19(27)16-12-18(32-20(16)26-22(24)30)13-6-8-15(9-7-13)31-11-10-17(21(28)29)25-14-4-2-1-3-5-14/h6-9,12,14,17,25H,1-5,10-11H2,(H2,23,27)(H,28,29)(H3,24,26,30)/t17-/m0/s1. The summed E-state index contributed by atoms with van der Waals surface area (Å²) >= 11 is 1.19. The van der Waals surface area contributed by atoms with Crippen molar-refractivity contribution in [2.75, 3.05) is 11.9 Å². The van der Waals surface area contributed by atoms with Gasteiger partial charge in [-0.05, 0) is 48.7 Å². The molecule has 1 saturated carbocycles. The highest BCUT2D eigenvalue weighted by molar-refractivity contribution is 7.20. The van der Waals surface area contributed by atoms with E-state index in [1.54, 1.807) is 18.2 Å². The van der Waals surface area contributed by atoms with Gasteiger partial charge in [-0.3, -0.25) is 14.9 Å². The summed E-state index contributed by atoms with van der Waals surface area (Å²) in [5.74, 6) is -0.915. The van der Waals surface area contributed by atoms with Crippen molar-refractivity contribution in [3.05, 3.63) is 35.9 Å². The summed E-state index contributed by atoms with van der Waals surface area (Å²) in [6.45, 7) is 0.271. The van der Waals surface area contributed by atoms with Crippen molar-refractivity contribution in [2.45, 2.75) is 50.6 Å². The fourth-order valence-corrected chi connectivity index (χ4v) is 4.83. The van der Waals surface area contributed by atoms with E-state index < -0.39 is 23.9 Å². The number of anilines is 1. The molecule has 32 heavy (non-hydrogen) atoms.